The average Bonchev–Trinajstić information content (AvgIpc) is 2.64. The van der Waals surface area contributed by atoms with Gasteiger partial charge in [-0.25, -0.2) is 0 Å². The number of rotatable bonds is 11. The first kappa shape index (κ1) is 23.1. The fraction of sp³-hybridized carbons (Fsp3) is 0.500. The third-order valence-corrected chi connectivity index (χ3v) is 5.07. The van der Waals surface area contributed by atoms with Crippen LogP contribution in [0.1, 0.15) is 44.0 Å². The highest BCUT2D eigenvalue weighted by Crippen LogP contribution is 2.23. The monoisotopic (exact) mass is 395 g/mol. The van der Waals surface area contributed by atoms with Gasteiger partial charge in [-0.1, -0.05) is 44.2 Å². The molecule has 0 aliphatic carbocycles. The quantitative estimate of drug-likeness (QED) is 0.535. The van der Waals surface area contributed by atoms with Gasteiger partial charge in [0.15, 0.2) is 5.78 Å². The lowest BCUT2D eigenvalue weighted by atomic mass is 9.85. The summed E-state index contributed by atoms with van der Waals surface area (Å²) in [5, 5.41) is 12.6. The Morgan fingerprint density at radius 2 is 1.93 bits per heavy atom. The summed E-state index contributed by atoms with van der Waals surface area (Å²) in [5.41, 5.74) is 4.74. The number of halogens is 1. The van der Waals surface area contributed by atoms with Crippen molar-refractivity contribution >= 4 is 23.3 Å². The highest BCUT2D eigenvalue weighted by molar-refractivity contribution is 6.30. The molecule has 27 heavy (non-hydrogen) atoms. The molecule has 0 heterocycles. The normalized spacial score (nSPS) is 14.4. The first-order chi connectivity index (χ1) is 12.7. The lowest BCUT2D eigenvalue weighted by Crippen LogP contribution is -2.63. The second kappa shape index (κ2) is 10.4. The van der Waals surface area contributed by atoms with Gasteiger partial charge in [0.05, 0.1) is 11.6 Å². The average molecular weight is 396 g/mol. The first-order valence-electron chi connectivity index (χ1n) is 9.13. The van der Waals surface area contributed by atoms with E-state index >= 15 is 0 Å². The zero-order valence-electron chi connectivity index (χ0n) is 16.3. The van der Waals surface area contributed by atoms with Crippen molar-refractivity contribution in [2.75, 3.05) is 19.6 Å². The molecule has 0 saturated carbocycles. The fourth-order valence-electron chi connectivity index (χ4n) is 2.87. The van der Waals surface area contributed by atoms with Gasteiger partial charge in [-0.05, 0) is 45.1 Å². The van der Waals surface area contributed by atoms with Gasteiger partial charge in [0.2, 0.25) is 0 Å². The van der Waals surface area contributed by atoms with Crippen LogP contribution in [0.25, 0.3) is 0 Å². The first-order valence-corrected chi connectivity index (χ1v) is 9.51. The van der Waals surface area contributed by atoms with Crippen molar-refractivity contribution in [2.45, 2.75) is 45.2 Å². The summed E-state index contributed by atoms with van der Waals surface area (Å²) in [6.45, 7) is 11.9. The van der Waals surface area contributed by atoms with Gasteiger partial charge < -0.3 is 21.1 Å². The van der Waals surface area contributed by atoms with Gasteiger partial charge in [0, 0.05) is 11.5 Å². The smallest absolute Gasteiger partial charge is 0.255 e. The minimum atomic E-state index is -1.43. The largest absolute Gasteiger partial charge is 0.507 e. The van der Waals surface area contributed by atoms with Crippen LogP contribution >= 0.6 is 11.6 Å². The Labute approximate surface area is 166 Å². The number of phenolic OH excluding ortho intramolecular Hbond substituents is 1. The van der Waals surface area contributed by atoms with E-state index in [1.165, 1.54) is 12.1 Å². The number of hydrogen-bond donors (Lipinski definition) is 3. The Balaban J connectivity index is 2.97. The van der Waals surface area contributed by atoms with E-state index in [1.807, 2.05) is 0 Å². The lowest BCUT2D eigenvalue weighted by Gasteiger charge is -2.35. The number of nitrogens with one attached hydrogen (secondary N) is 1. The molecule has 0 bridgehead atoms. The second-order valence-electron chi connectivity index (χ2n) is 6.65. The van der Waals surface area contributed by atoms with Crippen LogP contribution in [0.4, 0.5) is 0 Å². The summed E-state index contributed by atoms with van der Waals surface area (Å²) in [6, 6.07) is 5.14. The van der Waals surface area contributed by atoms with Crippen molar-refractivity contribution in [1.29, 1.82) is 0 Å². The Morgan fingerprint density at radius 3 is 2.44 bits per heavy atom. The number of para-hydroxylation sites is 1. The standard InChI is InChI=1S/C20H30ClN3O3/c1-5-24(6-2)13-9-12-17(26)20(4,18(22)14(3)21)23-19(27)15-10-7-8-11-16(15)25/h7-8,10-11,18,25H,3,5-6,9,12-13,22H2,1-2,4H3,(H,23,27). The molecule has 7 heteroatoms. The Morgan fingerprint density at radius 1 is 1.33 bits per heavy atom. The number of phenols is 1. The van der Waals surface area contributed by atoms with Crippen molar-refractivity contribution in [3.63, 3.8) is 0 Å². The van der Waals surface area contributed by atoms with E-state index in [0.717, 1.165) is 19.6 Å². The number of Topliss-reactive ketones (excluding diaryl/α,β-unsaturated/α-hetero) is 1. The van der Waals surface area contributed by atoms with Crippen molar-refractivity contribution in [2.24, 2.45) is 5.73 Å². The fourth-order valence-corrected chi connectivity index (χ4v) is 3.08. The maximum Gasteiger partial charge on any atom is 0.255 e. The maximum absolute atomic E-state index is 12.9. The SMILES string of the molecule is C=C(Cl)C(N)C(C)(NC(=O)c1ccccc1O)C(=O)CCCN(CC)CC. The third kappa shape index (κ3) is 6.06. The van der Waals surface area contributed by atoms with E-state index < -0.39 is 17.5 Å². The van der Waals surface area contributed by atoms with Crippen molar-refractivity contribution < 1.29 is 14.7 Å². The molecule has 1 aromatic rings. The molecule has 1 amide bonds. The second-order valence-corrected chi connectivity index (χ2v) is 7.14. The van der Waals surface area contributed by atoms with Crippen LogP contribution in [-0.4, -0.2) is 52.9 Å². The van der Waals surface area contributed by atoms with E-state index in [0.29, 0.717) is 6.42 Å². The van der Waals surface area contributed by atoms with Crippen LogP contribution in [-0.2, 0) is 4.79 Å². The predicted molar refractivity (Wildman–Crippen MR) is 109 cm³/mol. The van der Waals surface area contributed by atoms with Crippen molar-refractivity contribution in [3.05, 3.63) is 41.4 Å². The van der Waals surface area contributed by atoms with Crippen LogP contribution in [0, 0.1) is 0 Å². The van der Waals surface area contributed by atoms with Crippen molar-refractivity contribution in [3.8, 4) is 5.75 Å². The molecule has 0 fully saturated rings. The number of hydrogen-bond acceptors (Lipinski definition) is 5. The highest BCUT2D eigenvalue weighted by Gasteiger charge is 2.41. The lowest BCUT2D eigenvalue weighted by molar-refractivity contribution is -0.125. The minimum Gasteiger partial charge on any atom is -0.507 e. The van der Waals surface area contributed by atoms with E-state index in [9.17, 15) is 14.7 Å². The Bertz CT molecular complexity index is 676. The molecule has 0 aliphatic heterocycles. The molecule has 6 nitrogen and oxygen atoms in total. The van der Waals surface area contributed by atoms with Crippen LogP contribution in [0.3, 0.4) is 0 Å². The number of amides is 1. The molecule has 0 saturated heterocycles. The van der Waals surface area contributed by atoms with E-state index in [1.54, 1.807) is 19.1 Å². The van der Waals surface area contributed by atoms with Crippen LogP contribution in [0.5, 0.6) is 5.75 Å². The van der Waals surface area contributed by atoms with Gasteiger partial charge in [0.1, 0.15) is 11.3 Å². The molecule has 1 aromatic carbocycles. The zero-order valence-corrected chi connectivity index (χ0v) is 17.1. The molecule has 2 atom stereocenters. The van der Waals surface area contributed by atoms with E-state index in [-0.39, 0.29) is 28.5 Å². The third-order valence-electron chi connectivity index (χ3n) is 4.83. The number of nitrogens with two attached hydrogens (primary N) is 1. The molecule has 150 valence electrons. The molecule has 0 radical (unpaired) electrons. The number of benzene rings is 1. The highest BCUT2D eigenvalue weighted by atomic mass is 35.5. The summed E-state index contributed by atoms with van der Waals surface area (Å²) in [4.78, 5) is 27.8. The maximum atomic E-state index is 12.9. The van der Waals surface area contributed by atoms with Gasteiger partial charge >= 0.3 is 0 Å². The number of ketones is 1. The minimum absolute atomic E-state index is 0.0621. The molecular weight excluding hydrogens is 366 g/mol. The molecule has 0 spiro atoms. The topological polar surface area (TPSA) is 95.7 Å². The summed E-state index contributed by atoms with van der Waals surface area (Å²) in [5.74, 6) is -1.00. The van der Waals surface area contributed by atoms with Crippen LogP contribution in [0.2, 0.25) is 0 Å². The van der Waals surface area contributed by atoms with Gasteiger partial charge in [-0.2, -0.15) is 0 Å². The molecule has 0 aromatic heterocycles. The molecule has 0 aliphatic rings. The summed E-state index contributed by atoms with van der Waals surface area (Å²) < 4.78 is 0. The molecular formula is C20H30ClN3O3. The van der Waals surface area contributed by atoms with Crippen LogP contribution < -0.4 is 11.1 Å². The molecule has 1 rings (SSSR count). The number of carbonyl (C=O) groups is 2. The summed E-state index contributed by atoms with van der Waals surface area (Å²) in [7, 11) is 0. The molecule has 2 unspecified atom stereocenters. The van der Waals surface area contributed by atoms with Crippen molar-refractivity contribution in [1.82, 2.24) is 10.2 Å². The van der Waals surface area contributed by atoms with Gasteiger partial charge in [-0.3, -0.25) is 9.59 Å². The van der Waals surface area contributed by atoms with Crippen LogP contribution in [0.15, 0.2) is 35.9 Å². The molecule has 4 N–H and O–H groups in total. The van der Waals surface area contributed by atoms with E-state index in [4.69, 9.17) is 17.3 Å². The zero-order chi connectivity index (χ0) is 20.6. The number of aromatic hydroxyl groups is 1. The number of nitrogens with zero attached hydrogens (tertiary/aromatic N) is 1. The Hall–Kier alpha value is -1.89. The number of carbonyl (C=O) groups excluding carboxylic acids is 2. The summed E-state index contributed by atoms with van der Waals surface area (Å²) >= 11 is 5.97. The van der Waals surface area contributed by atoms with Gasteiger partial charge in [-0.15, -0.1) is 0 Å². The predicted octanol–water partition coefficient (Wildman–Crippen LogP) is 2.65. The van der Waals surface area contributed by atoms with E-state index in [2.05, 4.69) is 30.6 Å². The summed E-state index contributed by atoms with van der Waals surface area (Å²) in [6.07, 6.45) is 0.885. The van der Waals surface area contributed by atoms with Gasteiger partial charge in [0.25, 0.3) is 5.91 Å². The Kier molecular flexibility index (Phi) is 8.96.